The number of nitrogens with zero attached hydrogens (tertiary/aromatic N) is 2. The minimum absolute atomic E-state index is 0.532. The number of anilines is 2. The molecule has 0 unspecified atom stereocenters. The average molecular weight is 189 g/mol. The number of rotatable bonds is 3. The molecule has 0 bridgehead atoms. The van der Waals surface area contributed by atoms with E-state index in [1.165, 1.54) is 0 Å². The molecule has 0 fully saturated rings. The minimum atomic E-state index is 0.532. The Morgan fingerprint density at radius 1 is 1.50 bits per heavy atom. The lowest BCUT2D eigenvalue weighted by Gasteiger charge is -2.20. The maximum absolute atomic E-state index is 8.48. The van der Waals surface area contributed by atoms with E-state index >= 15 is 0 Å². The van der Waals surface area contributed by atoms with E-state index in [0.29, 0.717) is 6.42 Å². The van der Waals surface area contributed by atoms with E-state index in [0.717, 1.165) is 23.5 Å². The van der Waals surface area contributed by atoms with E-state index < -0.39 is 0 Å². The molecular formula is C11H15N3. The molecule has 0 amide bonds. The van der Waals surface area contributed by atoms with Crippen molar-refractivity contribution in [2.24, 2.45) is 0 Å². The third-order valence-corrected chi connectivity index (χ3v) is 2.32. The SMILES string of the molecule is Cc1c(N)cccc1N(C)CCC#N. The highest BCUT2D eigenvalue weighted by molar-refractivity contribution is 5.63. The molecule has 1 aromatic carbocycles. The fourth-order valence-corrected chi connectivity index (χ4v) is 1.39. The van der Waals surface area contributed by atoms with Crippen molar-refractivity contribution in [1.82, 2.24) is 0 Å². The van der Waals surface area contributed by atoms with Crippen LogP contribution in [0.4, 0.5) is 11.4 Å². The molecule has 0 saturated carbocycles. The van der Waals surface area contributed by atoms with Crippen LogP contribution in [0.25, 0.3) is 0 Å². The van der Waals surface area contributed by atoms with Gasteiger partial charge in [-0.05, 0) is 24.6 Å². The maximum Gasteiger partial charge on any atom is 0.0640 e. The predicted molar refractivity (Wildman–Crippen MR) is 59.1 cm³/mol. The Bertz CT molecular complexity index is 352. The number of benzene rings is 1. The Hall–Kier alpha value is -1.69. The molecule has 1 rings (SSSR count). The maximum atomic E-state index is 8.48. The first-order valence-corrected chi connectivity index (χ1v) is 4.60. The van der Waals surface area contributed by atoms with Gasteiger partial charge >= 0.3 is 0 Å². The lowest BCUT2D eigenvalue weighted by Crippen LogP contribution is -2.19. The van der Waals surface area contributed by atoms with Gasteiger partial charge in [0, 0.05) is 25.0 Å². The second-order valence-corrected chi connectivity index (χ2v) is 3.32. The summed E-state index contributed by atoms with van der Waals surface area (Å²) in [5, 5.41) is 8.48. The van der Waals surface area contributed by atoms with Gasteiger partial charge in [0.05, 0.1) is 12.5 Å². The highest BCUT2D eigenvalue weighted by Crippen LogP contribution is 2.23. The van der Waals surface area contributed by atoms with Crippen LogP contribution >= 0.6 is 0 Å². The van der Waals surface area contributed by atoms with E-state index in [4.69, 9.17) is 11.0 Å². The van der Waals surface area contributed by atoms with E-state index in [-0.39, 0.29) is 0 Å². The van der Waals surface area contributed by atoms with Gasteiger partial charge in [0.25, 0.3) is 0 Å². The topological polar surface area (TPSA) is 53.0 Å². The molecule has 0 aromatic heterocycles. The largest absolute Gasteiger partial charge is 0.398 e. The molecule has 3 nitrogen and oxygen atoms in total. The van der Waals surface area contributed by atoms with Gasteiger partial charge in [-0.25, -0.2) is 0 Å². The van der Waals surface area contributed by atoms with Crippen molar-refractivity contribution < 1.29 is 0 Å². The van der Waals surface area contributed by atoms with Crippen molar-refractivity contribution in [3.8, 4) is 6.07 Å². The second kappa shape index (κ2) is 4.52. The van der Waals surface area contributed by atoms with Crippen LogP contribution in [-0.2, 0) is 0 Å². The van der Waals surface area contributed by atoms with Crippen LogP contribution in [0, 0.1) is 18.3 Å². The lowest BCUT2D eigenvalue weighted by atomic mass is 10.1. The molecule has 0 heterocycles. The van der Waals surface area contributed by atoms with Crippen LogP contribution < -0.4 is 10.6 Å². The summed E-state index contributed by atoms with van der Waals surface area (Å²) < 4.78 is 0. The van der Waals surface area contributed by atoms with E-state index in [9.17, 15) is 0 Å². The first kappa shape index (κ1) is 10.4. The number of nitrogen functional groups attached to an aromatic ring is 1. The first-order chi connectivity index (χ1) is 6.66. The zero-order valence-corrected chi connectivity index (χ0v) is 8.62. The minimum Gasteiger partial charge on any atom is -0.398 e. The highest BCUT2D eigenvalue weighted by atomic mass is 15.1. The molecule has 0 saturated heterocycles. The molecule has 1 aromatic rings. The summed E-state index contributed by atoms with van der Waals surface area (Å²) in [7, 11) is 1.97. The van der Waals surface area contributed by atoms with Crippen molar-refractivity contribution in [3.63, 3.8) is 0 Å². The summed E-state index contributed by atoms with van der Waals surface area (Å²) in [6.45, 7) is 2.73. The van der Waals surface area contributed by atoms with Crippen LogP contribution in [0.1, 0.15) is 12.0 Å². The first-order valence-electron chi connectivity index (χ1n) is 4.60. The zero-order valence-electron chi connectivity index (χ0n) is 8.62. The van der Waals surface area contributed by atoms with Gasteiger partial charge in [-0.1, -0.05) is 6.07 Å². The van der Waals surface area contributed by atoms with Crippen molar-refractivity contribution in [3.05, 3.63) is 23.8 Å². The Morgan fingerprint density at radius 2 is 2.21 bits per heavy atom. The van der Waals surface area contributed by atoms with Gasteiger partial charge in [0.15, 0.2) is 0 Å². The van der Waals surface area contributed by atoms with Gasteiger partial charge in [-0.2, -0.15) is 5.26 Å². The molecule has 0 aliphatic heterocycles. The van der Waals surface area contributed by atoms with Gasteiger partial charge in [-0.3, -0.25) is 0 Å². The molecule has 0 atom stereocenters. The van der Waals surface area contributed by atoms with Crippen molar-refractivity contribution >= 4 is 11.4 Å². The molecular weight excluding hydrogens is 174 g/mol. The van der Waals surface area contributed by atoms with Gasteiger partial charge < -0.3 is 10.6 Å². The summed E-state index contributed by atoms with van der Waals surface area (Å²) in [5.41, 5.74) is 8.77. The summed E-state index contributed by atoms with van der Waals surface area (Å²) in [6.07, 6.45) is 0.532. The summed E-state index contributed by atoms with van der Waals surface area (Å²) in [4.78, 5) is 2.05. The molecule has 0 radical (unpaired) electrons. The number of hydrogen-bond acceptors (Lipinski definition) is 3. The quantitative estimate of drug-likeness (QED) is 0.739. The molecule has 0 aliphatic carbocycles. The number of nitrogens with two attached hydrogens (primary N) is 1. The van der Waals surface area contributed by atoms with Crippen LogP contribution in [0.5, 0.6) is 0 Å². The van der Waals surface area contributed by atoms with E-state index in [1.54, 1.807) is 0 Å². The molecule has 2 N–H and O–H groups in total. The van der Waals surface area contributed by atoms with Crippen LogP contribution in [-0.4, -0.2) is 13.6 Å². The Balaban J connectivity index is 2.85. The van der Waals surface area contributed by atoms with Crippen LogP contribution in [0.2, 0.25) is 0 Å². The standard InChI is InChI=1S/C11H15N3/c1-9-10(13)5-3-6-11(9)14(2)8-4-7-12/h3,5-6H,4,8,13H2,1-2H3. The van der Waals surface area contributed by atoms with Crippen molar-refractivity contribution in [2.75, 3.05) is 24.2 Å². The van der Waals surface area contributed by atoms with Crippen LogP contribution in [0.3, 0.4) is 0 Å². The van der Waals surface area contributed by atoms with Gasteiger partial charge in [0.1, 0.15) is 0 Å². The van der Waals surface area contributed by atoms with Crippen molar-refractivity contribution in [2.45, 2.75) is 13.3 Å². The second-order valence-electron chi connectivity index (χ2n) is 3.32. The molecule has 3 heteroatoms. The summed E-state index contributed by atoms with van der Waals surface area (Å²) in [6, 6.07) is 7.96. The predicted octanol–water partition coefficient (Wildman–Crippen LogP) is 1.93. The van der Waals surface area contributed by atoms with Gasteiger partial charge in [-0.15, -0.1) is 0 Å². The normalized spacial score (nSPS) is 9.50. The summed E-state index contributed by atoms with van der Waals surface area (Å²) in [5.74, 6) is 0. The Morgan fingerprint density at radius 3 is 2.86 bits per heavy atom. The third kappa shape index (κ3) is 2.17. The Labute approximate surface area is 84.7 Å². The average Bonchev–Trinajstić information content (AvgIpc) is 2.18. The third-order valence-electron chi connectivity index (χ3n) is 2.32. The van der Waals surface area contributed by atoms with E-state index in [1.807, 2.05) is 32.2 Å². The smallest absolute Gasteiger partial charge is 0.0640 e. The van der Waals surface area contributed by atoms with Gasteiger partial charge in [0.2, 0.25) is 0 Å². The lowest BCUT2D eigenvalue weighted by molar-refractivity contribution is 0.901. The van der Waals surface area contributed by atoms with Crippen molar-refractivity contribution in [1.29, 1.82) is 5.26 Å². The monoisotopic (exact) mass is 189 g/mol. The zero-order chi connectivity index (χ0) is 10.6. The van der Waals surface area contributed by atoms with E-state index in [2.05, 4.69) is 11.0 Å². The molecule has 14 heavy (non-hydrogen) atoms. The number of nitriles is 1. The number of hydrogen-bond donors (Lipinski definition) is 1. The fraction of sp³-hybridized carbons (Fsp3) is 0.364. The molecule has 74 valence electrons. The highest BCUT2D eigenvalue weighted by Gasteiger charge is 2.05. The molecule has 0 spiro atoms. The fourth-order valence-electron chi connectivity index (χ4n) is 1.39. The summed E-state index contributed by atoms with van der Waals surface area (Å²) >= 11 is 0. The molecule has 0 aliphatic rings. The van der Waals surface area contributed by atoms with Crippen LogP contribution in [0.15, 0.2) is 18.2 Å². The Kier molecular flexibility index (Phi) is 3.35.